The number of phenolic OH excluding ortho intramolecular Hbond substituents is 1. The number of anilines is 1. The summed E-state index contributed by atoms with van der Waals surface area (Å²) in [6.45, 7) is 3.85. The Balaban J connectivity index is 2.26. The first-order valence-corrected chi connectivity index (χ1v) is 7.27. The van der Waals surface area contributed by atoms with Crippen molar-refractivity contribution in [1.29, 1.82) is 5.26 Å². The molecule has 2 N–H and O–H groups in total. The van der Waals surface area contributed by atoms with E-state index in [-0.39, 0.29) is 16.3 Å². The van der Waals surface area contributed by atoms with E-state index in [1.54, 1.807) is 12.1 Å². The van der Waals surface area contributed by atoms with E-state index in [2.05, 4.69) is 5.32 Å². The number of benzene rings is 2. The quantitative estimate of drug-likeness (QED) is 0.655. The zero-order valence-electron chi connectivity index (χ0n) is 12.7. The fourth-order valence-corrected chi connectivity index (χ4v) is 2.26. The monoisotopic (exact) mass is 326 g/mol. The number of phenols is 1. The number of nitriles is 1. The van der Waals surface area contributed by atoms with E-state index < -0.39 is 5.91 Å². The average molecular weight is 327 g/mol. The average Bonchev–Trinajstić information content (AvgIpc) is 2.51. The van der Waals surface area contributed by atoms with Crippen LogP contribution in [0, 0.1) is 25.2 Å². The van der Waals surface area contributed by atoms with E-state index >= 15 is 0 Å². The van der Waals surface area contributed by atoms with Crippen molar-refractivity contribution >= 4 is 29.3 Å². The van der Waals surface area contributed by atoms with Crippen molar-refractivity contribution in [3.63, 3.8) is 0 Å². The molecule has 0 aliphatic heterocycles. The Morgan fingerprint density at radius 2 is 2.00 bits per heavy atom. The molecule has 0 radical (unpaired) electrons. The molecule has 0 aromatic heterocycles. The van der Waals surface area contributed by atoms with Crippen molar-refractivity contribution in [2.75, 3.05) is 5.32 Å². The van der Waals surface area contributed by atoms with Crippen molar-refractivity contribution < 1.29 is 9.90 Å². The second-order valence-electron chi connectivity index (χ2n) is 5.15. The Morgan fingerprint density at radius 3 is 2.61 bits per heavy atom. The molecule has 0 heterocycles. The summed E-state index contributed by atoms with van der Waals surface area (Å²) in [5.74, 6) is -0.550. The first kappa shape index (κ1) is 16.6. The number of nitrogens with one attached hydrogen (secondary N) is 1. The molecular formula is C18H15ClN2O2. The number of halogens is 1. The molecule has 0 unspecified atom stereocenters. The Bertz CT molecular complexity index is 835. The second-order valence-corrected chi connectivity index (χ2v) is 5.56. The van der Waals surface area contributed by atoms with Gasteiger partial charge in [-0.1, -0.05) is 35.4 Å². The van der Waals surface area contributed by atoms with Gasteiger partial charge in [0, 0.05) is 5.69 Å². The number of carbonyl (C=O) groups excluding carboxylic acids is 1. The predicted octanol–water partition coefficient (Wildman–Crippen LogP) is 4.21. The molecule has 0 aliphatic carbocycles. The van der Waals surface area contributed by atoms with E-state index in [9.17, 15) is 15.2 Å². The minimum atomic E-state index is -0.497. The Kier molecular flexibility index (Phi) is 5.05. The van der Waals surface area contributed by atoms with Gasteiger partial charge in [0.15, 0.2) is 0 Å². The Hall–Kier alpha value is -2.77. The van der Waals surface area contributed by atoms with Gasteiger partial charge in [0.25, 0.3) is 5.91 Å². The summed E-state index contributed by atoms with van der Waals surface area (Å²) in [5.41, 5.74) is 3.18. The van der Waals surface area contributed by atoms with E-state index in [1.165, 1.54) is 18.2 Å². The summed E-state index contributed by atoms with van der Waals surface area (Å²) in [6, 6.07) is 12.0. The lowest BCUT2D eigenvalue weighted by molar-refractivity contribution is -0.112. The number of aromatic hydroxyl groups is 1. The van der Waals surface area contributed by atoms with E-state index in [1.807, 2.05) is 32.0 Å². The summed E-state index contributed by atoms with van der Waals surface area (Å²) in [7, 11) is 0. The Labute approximate surface area is 139 Å². The number of rotatable bonds is 3. The van der Waals surface area contributed by atoms with Gasteiger partial charge in [-0.25, -0.2) is 0 Å². The molecule has 0 saturated carbocycles. The van der Waals surface area contributed by atoms with Crippen molar-refractivity contribution in [3.8, 4) is 11.8 Å². The summed E-state index contributed by atoms with van der Waals surface area (Å²) >= 11 is 5.82. The molecule has 2 aromatic rings. The third kappa shape index (κ3) is 4.12. The molecule has 0 atom stereocenters. The molecule has 116 valence electrons. The van der Waals surface area contributed by atoms with Gasteiger partial charge in [-0.3, -0.25) is 4.79 Å². The van der Waals surface area contributed by atoms with Gasteiger partial charge in [0.2, 0.25) is 0 Å². The molecule has 23 heavy (non-hydrogen) atoms. The highest BCUT2D eigenvalue weighted by molar-refractivity contribution is 6.32. The van der Waals surface area contributed by atoms with Crippen LogP contribution in [0.5, 0.6) is 5.75 Å². The first-order valence-electron chi connectivity index (χ1n) is 6.89. The van der Waals surface area contributed by atoms with E-state index in [0.717, 1.165) is 11.1 Å². The number of nitrogens with zero attached hydrogens (tertiary/aromatic N) is 1. The summed E-state index contributed by atoms with van der Waals surface area (Å²) in [4.78, 5) is 12.3. The molecule has 0 saturated heterocycles. The molecular weight excluding hydrogens is 312 g/mol. The van der Waals surface area contributed by atoms with Gasteiger partial charge in [0.1, 0.15) is 17.4 Å². The van der Waals surface area contributed by atoms with E-state index in [4.69, 9.17) is 11.6 Å². The highest BCUT2D eigenvalue weighted by atomic mass is 35.5. The molecule has 0 bridgehead atoms. The van der Waals surface area contributed by atoms with Crippen molar-refractivity contribution in [1.82, 2.24) is 0 Å². The van der Waals surface area contributed by atoms with Crippen molar-refractivity contribution in [2.24, 2.45) is 0 Å². The minimum Gasteiger partial charge on any atom is -0.506 e. The van der Waals surface area contributed by atoms with Crippen LogP contribution in [-0.2, 0) is 4.79 Å². The zero-order chi connectivity index (χ0) is 17.0. The molecule has 5 heteroatoms. The van der Waals surface area contributed by atoms with Crippen LogP contribution in [-0.4, -0.2) is 11.0 Å². The van der Waals surface area contributed by atoms with Crippen LogP contribution in [0.3, 0.4) is 0 Å². The maximum Gasteiger partial charge on any atom is 0.266 e. The Morgan fingerprint density at radius 1 is 1.26 bits per heavy atom. The maximum absolute atomic E-state index is 12.3. The van der Waals surface area contributed by atoms with Crippen LogP contribution in [0.4, 0.5) is 5.69 Å². The zero-order valence-corrected chi connectivity index (χ0v) is 13.5. The lowest BCUT2D eigenvalue weighted by Crippen LogP contribution is -2.14. The summed E-state index contributed by atoms with van der Waals surface area (Å²) < 4.78 is 0. The maximum atomic E-state index is 12.3. The molecule has 2 aromatic carbocycles. The smallest absolute Gasteiger partial charge is 0.266 e. The lowest BCUT2D eigenvalue weighted by atomic mass is 10.1. The van der Waals surface area contributed by atoms with E-state index in [0.29, 0.717) is 11.3 Å². The van der Waals surface area contributed by atoms with Gasteiger partial charge < -0.3 is 10.4 Å². The third-order valence-corrected chi connectivity index (χ3v) is 3.58. The van der Waals surface area contributed by atoms with Gasteiger partial charge >= 0.3 is 0 Å². The molecule has 0 fully saturated rings. The predicted molar refractivity (Wildman–Crippen MR) is 91.3 cm³/mol. The van der Waals surface area contributed by atoms with Gasteiger partial charge in [-0.15, -0.1) is 0 Å². The molecule has 4 nitrogen and oxygen atoms in total. The third-order valence-electron chi connectivity index (χ3n) is 3.28. The van der Waals surface area contributed by atoms with Gasteiger partial charge in [-0.05, 0) is 49.2 Å². The summed E-state index contributed by atoms with van der Waals surface area (Å²) in [6.07, 6.45) is 1.42. The number of amides is 1. The lowest BCUT2D eigenvalue weighted by Gasteiger charge is -2.08. The summed E-state index contributed by atoms with van der Waals surface area (Å²) in [5, 5.41) is 21.5. The van der Waals surface area contributed by atoms with Crippen molar-refractivity contribution in [3.05, 3.63) is 63.7 Å². The first-order chi connectivity index (χ1) is 10.9. The molecule has 0 spiro atoms. The second kappa shape index (κ2) is 6.99. The standard InChI is InChI=1S/C18H15ClN2O2/c1-11-3-5-16(12(2)7-11)21-18(23)14(10-20)8-13-4-6-17(22)15(19)9-13/h3-9,22H,1-2H3,(H,21,23). The fourth-order valence-electron chi connectivity index (χ4n) is 2.07. The molecule has 2 rings (SSSR count). The van der Waals surface area contributed by atoms with Crippen LogP contribution in [0.25, 0.3) is 6.08 Å². The number of hydrogen-bond donors (Lipinski definition) is 2. The molecule has 0 aliphatic rings. The van der Waals surface area contributed by atoms with Crippen LogP contribution in [0.1, 0.15) is 16.7 Å². The normalized spacial score (nSPS) is 11.0. The number of hydrogen-bond acceptors (Lipinski definition) is 3. The number of aryl methyl sites for hydroxylation is 2. The largest absolute Gasteiger partial charge is 0.506 e. The SMILES string of the molecule is Cc1ccc(NC(=O)C(C#N)=Cc2ccc(O)c(Cl)c2)c(C)c1. The van der Waals surface area contributed by atoms with Crippen LogP contribution in [0.2, 0.25) is 5.02 Å². The highest BCUT2D eigenvalue weighted by Crippen LogP contribution is 2.25. The van der Waals surface area contributed by atoms with Crippen LogP contribution < -0.4 is 5.32 Å². The van der Waals surface area contributed by atoms with Gasteiger partial charge in [-0.2, -0.15) is 5.26 Å². The van der Waals surface area contributed by atoms with Crippen molar-refractivity contribution in [2.45, 2.75) is 13.8 Å². The topological polar surface area (TPSA) is 73.1 Å². The highest BCUT2D eigenvalue weighted by Gasteiger charge is 2.11. The van der Waals surface area contributed by atoms with Gasteiger partial charge in [0.05, 0.1) is 5.02 Å². The number of carbonyl (C=O) groups is 1. The minimum absolute atomic E-state index is 0.0493. The van der Waals surface area contributed by atoms with Crippen LogP contribution >= 0.6 is 11.6 Å². The molecule has 1 amide bonds. The fraction of sp³-hybridized carbons (Fsp3) is 0.111. The van der Waals surface area contributed by atoms with Crippen LogP contribution in [0.15, 0.2) is 42.0 Å².